The number of carbonyl (C=O) groups excluding carboxylic acids is 1. The van der Waals surface area contributed by atoms with Crippen LogP contribution >= 0.6 is 11.3 Å². The number of thiazole rings is 1. The molecule has 0 aliphatic heterocycles. The molecule has 0 aliphatic carbocycles. The SMILES string of the molecule is CCCCCc1cccc(CNC(=O)c2ccc3ncsc3c2)c1. The minimum Gasteiger partial charge on any atom is -0.348 e. The molecule has 0 atom stereocenters. The van der Waals surface area contributed by atoms with E-state index >= 15 is 0 Å². The lowest BCUT2D eigenvalue weighted by Crippen LogP contribution is -2.22. The van der Waals surface area contributed by atoms with Gasteiger partial charge in [-0.25, -0.2) is 4.98 Å². The van der Waals surface area contributed by atoms with E-state index in [0.717, 1.165) is 22.2 Å². The Morgan fingerprint density at radius 1 is 1.12 bits per heavy atom. The number of amides is 1. The Balaban J connectivity index is 1.60. The van der Waals surface area contributed by atoms with Gasteiger partial charge in [-0.3, -0.25) is 4.79 Å². The summed E-state index contributed by atoms with van der Waals surface area (Å²) in [5, 5.41) is 3.01. The topological polar surface area (TPSA) is 42.0 Å². The first-order valence-corrected chi connectivity index (χ1v) is 9.33. The maximum Gasteiger partial charge on any atom is 0.251 e. The molecule has 1 aromatic heterocycles. The van der Waals surface area contributed by atoms with Crippen LogP contribution in [-0.4, -0.2) is 10.9 Å². The van der Waals surface area contributed by atoms with E-state index in [2.05, 4.69) is 41.5 Å². The Morgan fingerprint density at radius 2 is 2.00 bits per heavy atom. The van der Waals surface area contributed by atoms with Crippen molar-refractivity contribution in [1.29, 1.82) is 0 Å². The summed E-state index contributed by atoms with van der Waals surface area (Å²) < 4.78 is 1.04. The van der Waals surface area contributed by atoms with E-state index in [1.165, 1.54) is 24.8 Å². The molecule has 0 spiro atoms. The Kier molecular flexibility index (Phi) is 5.59. The van der Waals surface area contributed by atoms with Crippen molar-refractivity contribution < 1.29 is 4.79 Å². The summed E-state index contributed by atoms with van der Waals surface area (Å²) in [6.07, 6.45) is 4.83. The van der Waals surface area contributed by atoms with Crippen LogP contribution in [0.4, 0.5) is 0 Å². The number of rotatable bonds is 7. The second-order valence-electron chi connectivity index (χ2n) is 5.99. The lowest BCUT2D eigenvalue weighted by molar-refractivity contribution is 0.0951. The quantitative estimate of drug-likeness (QED) is 0.619. The molecule has 0 saturated carbocycles. The zero-order valence-electron chi connectivity index (χ0n) is 13.9. The molecule has 0 saturated heterocycles. The van der Waals surface area contributed by atoms with Crippen LogP contribution in [0.15, 0.2) is 48.0 Å². The molecular weight excluding hydrogens is 316 g/mol. The molecule has 3 aromatic rings. The highest BCUT2D eigenvalue weighted by Crippen LogP contribution is 2.19. The average Bonchev–Trinajstić information content (AvgIpc) is 3.08. The van der Waals surface area contributed by atoms with Gasteiger partial charge in [-0.2, -0.15) is 0 Å². The van der Waals surface area contributed by atoms with E-state index in [1.807, 2.05) is 18.2 Å². The molecule has 0 unspecified atom stereocenters. The van der Waals surface area contributed by atoms with Gasteiger partial charge < -0.3 is 5.32 Å². The Hall–Kier alpha value is -2.20. The first-order valence-electron chi connectivity index (χ1n) is 8.45. The molecule has 0 bridgehead atoms. The van der Waals surface area contributed by atoms with Gasteiger partial charge in [0.15, 0.2) is 0 Å². The van der Waals surface area contributed by atoms with Crippen molar-refractivity contribution in [2.45, 2.75) is 39.2 Å². The van der Waals surface area contributed by atoms with Crippen LogP contribution in [0.1, 0.15) is 47.7 Å². The summed E-state index contributed by atoms with van der Waals surface area (Å²) >= 11 is 1.55. The molecule has 1 amide bonds. The Bertz CT molecular complexity index is 825. The lowest BCUT2D eigenvalue weighted by Gasteiger charge is -2.08. The fourth-order valence-electron chi connectivity index (χ4n) is 2.75. The van der Waals surface area contributed by atoms with Gasteiger partial charge >= 0.3 is 0 Å². The maximum absolute atomic E-state index is 12.4. The van der Waals surface area contributed by atoms with Gasteiger partial charge in [0, 0.05) is 12.1 Å². The lowest BCUT2D eigenvalue weighted by atomic mass is 10.0. The zero-order valence-corrected chi connectivity index (χ0v) is 14.7. The molecule has 0 fully saturated rings. The van der Waals surface area contributed by atoms with Gasteiger partial charge in [-0.1, -0.05) is 44.0 Å². The summed E-state index contributed by atoms with van der Waals surface area (Å²) in [7, 11) is 0. The number of aromatic nitrogens is 1. The Morgan fingerprint density at radius 3 is 2.88 bits per heavy atom. The molecule has 124 valence electrons. The predicted octanol–water partition coefficient (Wildman–Crippen LogP) is 4.96. The minimum absolute atomic E-state index is 0.0401. The number of nitrogens with zero attached hydrogens (tertiary/aromatic N) is 1. The zero-order chi connectivity index (χ0) is 16.8. The van der Waals surface area contributed by atoms with Gasteiger partial charge in [0.25, 0.3) is 5.91 Å². The third kappa shape index (κ3) is 4.20. The number of fused-ring (bicyclic) bond motifs is 1. The summed E-state index contributed by atoms with van der Waals surface area (Å²) in [6, 6.07) is 14.1. The predicted molar refractivity (Wildman–Crippen MR) is 100 cm³/mol. The van der Waals surface area contributed by atoms with Crippen molar-refractivity contribution in [2.24, 2.45) is 0 Å². The first-order chi connectivity index (χ1) is 11.8. The van der Waals surface area contributed by atoms with Crippen molar-refractivity contribution in [1.82, 2.24) is 10.3 Å². The van der Waals surface area contributed by atoms with Crippen molar-refractivity contribution in [3.8, 4) is 0 Å². The second kappa shape index (κ2) is 8.06. The highest BCUT2D eigenvalue weighted by Gasteiger charge is 2.07. The number of unbranched alkanes of at least 4 members (excludes halogenated alkanes) is 2. The van der Waals surface area contributed by atoms with E-state index in [4.69, 9.17) is 0 Å². The molecular formula is C20H22N2OS. The van der Waals surface area contributed by atoms with Crippen molar-refractivity contribution >= 4 is 27.5 Å². The van der Waals surface area contributed by atoms with Gasteiger partial charge in [0.1, 0.15) is 0 Å². The average molecular weight is 338 g/mol. The molecule has 3 rings (SSSR count). The van der Waals surface area contributed by atoms with Crippen LogP contribution in [0, 0.1) is 0 Å². The highest BCUT2D eigenvalue weighted by atomic mass is 32.1. The standard InChI is InChI=1S/C20H22N2OS/c1-2-3-4-6-15-7-5-8-16(11-15)13-21-20(23)17-9-10-18-19(12-17)24-14-22-18/h5,7-12,14H,2-4,6,13H2,1H3,(H,21,23). The summed E-state index contributed by atoms with van der Waals surface area (Å²) in [6.45, 7) is 2.77. The van der Waals surface area contributed by atoms with Crippen molar-refractivity contribution in [2.75, 3.05) is 0 Å². The van der Waals surface area contributed by atoms with E-state index in [9.17, 15) is 4.79 Å². The van der Waals surface area contributed by atoms with Crippen LogP contribution in [0.3, 0.4) is 0 Å². The molecule has 4 heteroatoms. The number of benzene rings is 2. The van der Waals surface area contributed by atoms with Crippen LogP contribution in [0.2, 0.25) is 0 Å². The van der Waals surface area contributed by atoms with Crippen molar-refractivity contribution in [3.63, 3.8) is 0 Å². The number of carbonyl (C=O) groups is 1. The molecule has 24 heavy (non-hydrogen) atoms. The number of aryl methyl sites for hydroxylation is 1. The normalized spacial score (nSPS) is 10.9. The third-order valence-electron chi connectivity index (χ3n) is 4.11. The van der Waals surface area contributed by atoms with Gasteiger partial charge in [-0.05, 0) is 42.2 Å². The molecule has 0 aliphatic rings. The first kappa shape index (κ1) is 16.7. The minimum atomic E-state index is -0.0401. The van der Waals surface area contributed by atoms with Crippen LogP contribution in [-0.2, 0) is 13.0 Å². The summed E-state index contributed by atoms with van der Waals surface area (Å²) in [5.41, 5.74) is 5.93. The van der Waals surface area contributed by atoms with Gasteiger partial charge in [0.05, 0.1) is 15.7 Å². The summed E-state index contributed by atoms with van der Waals surface area (Å²) in [4.78, 5) is 16.6. The number of hydrogen-bond donors (Lipinski definition) is 1. The van der Waals surface area contributed by atoms with Gasteiger partial charge in [0.2, 0.25) is 0 Å². The number of nitrogens with one attached hydrogen (secondary N) is 1. The number of hydrogen-bond acceptors (Lipinski definition) is 3. The fraction of sp³-hybridized carbons (Fsp3) is 0.300. The molecule has 0 radical (unpaired) electrons. The van der Waals surface area contributed by atoms with E-state index < -0.39 is 0 Å². The molecule has 3 nitrogen and oxygen atoms in total. The monoisotopic (exact) mass is 338 g/mol. The third-order valence-corrected chi connectivity index (χ3v) is 4.90. The van der Waals surface area contributed by atoms with Crippen molar-refractivity contribution in [3.05, 3.63) is 64.7 Å². The Labute approximate surface area is 146 Å². The largest absolute Gasteiger partial charge is 0.348 e. The van der Waals surface area contributed by atoms with Crippen LogP contribution < -0.4 is 5.32 Å². The fourth-order valence-corrected chi connectivity index (χ4v) is 3.47. The van der Waals surface area contributed by atoms with E-state index in [-0.39, 0.29) is 5.91 Å². The summed E-state index contributed by atoms with van der Waals surface area (Å²) in [5.74, 6) is -0.0401. The smallest absolute Gasteiger partial charge is 0.251 e. The maximum atomic E-state index is 12.4. The highest BCUT2D eigenvalue weighted by molar-refractivity contribution is 7.16. The van der Waals surface area contributed by atoms with E-state index in [0.29, 0.717) is 12.1 Å². The van der Waals surface area contributed by atoms with E-state index in [1.54, 1.807) is 16.8 Å². The van der Waals surface area contributed by atoms with Crippen LogP contribution in [0.25, 0.3) is 10.2 Å². The molecule has 2 aromatic carbocycles. The molecule has 1 heterocycles. The second-order valence-corrected chi connectivity index (χ2v) is 6.88. The van der Waals surface area contributed by atoms with Crippen LogP contribution in [0.5, 0.6) is 0 Å². The molecule has 1 N–H and O–H groups in total. The van der Waals surface area contributed by atoms with Gasteiger partial charge in [-0.15, -0.1) is 11.3 Å².